The predicted octanol–water partition coefficient (Wildman–Crippen LogP) is 4.96. The van der Waals surface area contributed by atoms with Crippen LogP contribution in [-0.2, 0) is 11.5 Å². The minimum Gasteiger partial charge on any atom is -0.457 e. The van der Waals surface area contributed by atoms with Crippen LogP contribution in [0.4, 0.5) is 0 Å². The molecule has 6 N–H and O–H groups in total. The van der Waals surface area contributed by atoms with Crippen LogP contribution in [0.15, 0.2) is 42.5 Å². The lowest BCUT2D eigenvalue weighted by molar-refractivity contribution is 0.474. The molecule has 2 aromatic carbocycles. The van der Waals surface area contributed by atoms with Gasteiger partial charge in [-0.05, 0) is 18.2 Å². The summed E-state index contributed by atoms with van der Waals surface area (Å²) >= 11 is 8.55. The molecule has 0 radical (unpaired) electrons. The molecule has 0 saturated carbocycles. The van der Waals surface area contributed by atoms with Crippen LogP contribution in [0, 0.1) is 10.8 Å². The monoisotopic (exact) mass is 460 g/mol. The minimum atomic E-state index is 0. The molecule has 2 aromatic rings. The summed E-state index contributed by atoms with van der Waals surface area (Å²) in [6.45, 7) is 0. The molecule has 0 aromatic heterocycles. The average Bonchev–Trinajstić information content (AvgIpc) is 2.53. The summed E-state index contributed by atoms with van der Waals surface area (Å²) in [5.41, 5.74) is 12.6. The number of nitrogens with two attached hydrogens (primary N) is 2. The largest absolute Gasteiger partial charge is 0.457 e. The number of nitrogens with one attached hydrogen (secondary N) is 2. The van der Waals surface area contributed by atoms with Crippen molar-refractivity contribution in [3.05, 3.63) is 58.6 Å². The van der Waals surface area contributed by atoms with E-state index < -0.39 is 0 Å². The Balaban J connectivity index is 0.00000312. The molecule has 0 fully saturated rings. The molecule has 5 nitrogen and oxygen atoms in total. The van der Waals surface area contributed by atoms with Crippen molar-refractivity contribution in [2.45, 2.75) is 11.5 Å². The summed E-state index contributed by atoms with van der Waals surface area (Å²) in [6.07, 6.45) is 0. The third-order valence-corrected chi connectivity index (χ3v) is 4.76. The number of halogens is 2. The Labute approximate surface area is 170 Å². The smallest absolute Gasteiger partial charge is 0.151 e. The number of ether oxygens (including phenoxy) is 1. The van der Waals surface area contributed by atoms with Crippen LogP contribution in [0.5, 0.6) is 11.5 Å². The quantitative estimate of drug-likeness (QED) is 0.359. The SMILES string of the molecule is Br.N=C(N)SCc1ccccc1Oc1cc(Cl)ccc1CSC(=N)N. The van der Waals surface area contributed by atoms with Gasteiger partial charge in [0.05, 0.1) is 0 Å². The van der Waals surface area contributed by atoms with E-state index in [9.17, 15) is 0 Å². The van der Waals surface area contributed by atoms with Crippen LogP contribution < -0.4 is 16.2 Å². The molecule has 0 atom stereocenters. The number of rotatable bonds is 6. The molecule has 0 aliphatic heterocycles. The van der Waals surface area contributed by atoms with E-state index >= 15 is 0 Å². The number of para-hydroxylation sites is 1. The van der Waals surface area contributed by atoms with Crippen LogP contribution in [0.1, 0.15) is 11.1 Å². The van der Waals surface area contributed by atoms with Crippen molar-refractivity contribution in [1.82, 2.24) is 0 Å². The van der Waals surface area contributed by atoms with Gasteiger partial charge in [0.25, 0.3) is 0 Å². The Morgan fingerprint density at radius 3 is 2.08 bits per heavy atom. The van der Waals surface area contributed by atoms with E-state index in [-0.39, 0.29) is 27.3 Å². The molecule has 0 aliphatic carbocycles. The predicted molar refractivity (Wildman–Crippen MR) is 115 cm³/mol. The van der Waals surface area contributed by atoms with Crippen LogP contribution in [-0.4, -0.2) is 10.3 Å². The van der Waals surface area contributed by atoms with Crippen molar-refractivity contribution in [1.29, 1.82) is 10.8 Å². The van der Waals surface area contributed by atoms with Crippen LogP contribution in [0.3, 0.4) is 0 Å². The third-order valence-electron chi connectivity index (χ3n) is 2.99. The van der Waals surface area contributed by atoms with Crippen LogP contribution in [0.2, 0.25) is 5.02 Å². The topological polar surface area (TPSA) is 109 Å². The second-order valence-corrected chi connectivity index (χ2v) is 7.24. The fraction of sp³-hybridized carbons (Fsp3) is 0.125. The van der Waals surface area contributed by atoms with E-state index in [4.69, 9.17) is 38.6 Å². The van der Waals surface area contributed by atoms with Gasteiger partial charge in [-0.2, -0.15) is 0 Å². The maximum Gasteiger partial charge on any atom is 0.151 e. The van der Waals surface area contributed by atoms with Gasteiger partial charge in [-0.25, -0.2) is 0 Å². The van der Waals surface area contributed by atoms with Gasteiger partial charge in [0.1, 0.15) is 11.5 Å². The fourth-order valence-electron chi connectivity index (χ4n) is 1.89. The van der Waals surface area contributed by atoms with E-state index in [1.165, 1.54) is 23.5 Å². The van der Waals surface area contributed by atoms with Crippen molar-refractivity contribution >= 4 is 62.4 Å². The Morgan fingerprint density at radius 1 is 0.920 bits per heavy atom. The van der Waals surface area contributed by atoms with Crippen LogP contribution in [0.25, 0.3) is 0 Å². The molecule has 0 spiro atoms. The second-order valence-electron chi connectivity index (χ2n) is 4.77. The Hall–Kier alpha value is -1.35. The zero-order valence-electron chi connectivity index (χ0n) is 13.1. The molecule has 134 valence electrons. The molecule has 0 heterocycles. The lowest BCUT2D eigenvalue weighted by Crippen LogP contribution is -2.05. The number of benzene rings is 2. The first kappa shape index (κ1) is 21.7. The highest BCUT2D eigenvalue weighted by atomic mass is 79.9. The molecular formula is C16H18BrClN4OS2. The van der Waals surface area contributed by atoms with E-state index in [1.54, 1.807) is 12.1 Å². The third kappa shape index (κ3) is 7.19. The van der Waals surface area contributed by atoms with Gasteiger partial charge >= 0.3 is 0 Å². The number of amidine groups is 2. The van der Waals surface area contributed by atoms with Crippen molar-refractivity contribution in [2.75, 3.05) is 0 Å². The highest BCUT2D eigenvalue weighted by Gasteiger charge is 2.10. The van der Waals surface area contributed by atoms with Crippen molar-refractivity contribution in [3.8, 4) is 11.5 Å². The fourth-order valence-corrected chi connectivity index (χ4v) is 3.16. The van der Waals surface area contributed by atoms with Gasteiger partial charge in [-0.1, -0.05) is 59.4 Å². The van der Waals surface area contributed by atoms with Gasteiger partial charge in [0.2, 0.25) is 0 Å². The first-order chi connectivity index (χ1) is 11.5. The molecule has 0 amide bonds. The van der Waals surface area contributed by atoms with Gasteiger partial charge in [0.15, 0.2) is 10.3 Å². The maximum atomic E-state index is 7.35. The zero-order chi connectivity index (χ0) is 17.5. The minimum absolute atomic E-state index is 0. The van der Waals surface area contributed by atoms with Crippen LogP contribution >= 0.6 is 52.1 Å². The first-order valence-corrected chi connectivity index (χ1v) is 9.28. The summed E-state index contributed by atoms with van der Waals surface area (Å²) < 4.78 is 6.05. The highest BCUT2D eigenvalue weighted by Crippen LogP contribution is 2.33. The molecule has 0 unspecified atom stereocenters. The van der Waals surface area contributed by atoms with E-state index in [0.29, 0.717) is 28.0 Å². The van der Waals surface area contributed by atoms with Crippen molar-refractivity contribution in [3.63, 3.8) is 0 Å². The van der Waals surface area contributed by atoms with Crippen molar-refractivity contribution in [2.24, 2.45) is 11.5 Å². The summed E-state index contributed by atoms with van der Waals surface area (Å²) in [5, 5.41) is 15.4. The number of hydrogen-bond donors (Lipinski definition) is 4. The number of thioether (sulfide) groups is 2. The average molecular weight is 462 g/mol. The molecule has 25 heavy (non-hydrogen) atoms. The lowest BCUT2D eigenvalue weighted by Gasteiger charge is -2.14. The highest BCUT2D eigenvalue weighted by molar-refractivity contribution is 8.93. The van der Waals surface area contributed by atoms with Gasteiger partial charge in [0, 0.05) is 27.7 Å². The Kier molecular flexibility index (Phi) is 9.20. The van der Waals surface area contributed by atoms with Gasteiger partial charge in [-0.3, -0.25) is 10.8 Å². The standard InChI is InChI=1S/C16H17ClN4OS2.BrH/c17-12-6-5-11(9-24-16(20)21)14(7-12)22-13-4-2-1-3-10(13)8-23-15(18)19;/h1-7H,8-9H2,(H3,18,19)(H3,20,21);1H. The van der Waals surface area contributed by atoms with Gasteiger partial charge < -0.3 is 16.2 Å². The zero-order valence-corrected chi connectivity index (χ0v) is 17.2. The first-order valence-electron chi connectivity index (χ1n) is 6.93. The molecule has 0 bridgehead atoms. The molecular weight excluding hydrogens is 444 g/mol. The Bertz CT molecular complexity index is 761. The molecule has 2 rings (SSSR count). The normalized spacial score (nSPS) is 9.96. The van der Waals surface area contributed by atoms with Crippen molar-refractivity contribution < 1.29 is 4.74 Å². The summed E-state index contributed by atoms with van der Waals surface area (Å²) in [6, 6.07) is 13.0. The van der Waals surface area contributed by atoms with Gasteiger partial charge in [-0.15, -0.1) is 17.0 Å². The summed E-state index contributed by atoms with van der Waals surface area (Å²) in [4.78, 5) is 0. The number of hydrogen-bond acceptors (Lipinski definition) is 5. The van der Waals surface area contributed by atoms with E-state index in [1.807, 2.05) is 30.3 Å². The van der Waals surface area contributed by atoms with E-state index in [2.05, 4.69) is 0 Å². The second kappa shape index (κ2) is 10.6. The molecule has 0 saturated heterocycles. The summed E-state index contributed by atoms with van der Waals surface area (Å²) in [7, 11) is 0. The summed E-state index contributed by atoms with van der Waals surface area (Å²) in [5.74, 6) is 2.37. The maximum absolute atomic E-state index is 7.35. The molecule has 9 heteroatoms. The van der Waals surface area contributed by atoms with E-state index in [0.717, 1.165) is 11.1 Å². The lowest BCUT2D eigenvalue weighted by atomic mass is 10.2. The Morgan fingerprint density at radius 2 is 1.48 bits per heavy atom. The molecule has 0 aliphatic rings.